The summed E-state index contributed by atoms with van der Waals surface area (Å²) in [5.41, 5.74) is 7.32. The number of hydrogen-bond donors (Lipinski definition) is 1. The van der Waals surface area contributed by atoms with Gasteiger partial charge in [0.2, 0.25) is 5.88 Å². The van der Waals surface area contributed by atoms with Crippen LogP contribution in [0.25, 0.3) is 0 Å². The monoisotopic (exact) mass is 436 g/mol. The fourth-order valence-electron chi connectivity index (χ4n) is 3.00. The van der Waals surface area contributed by atoms with Crippen LogP contribution >= 0.6 is 15.9 Å². The summed E-state index contributed by atoms with van der Waals surface area (Å²) in [5, 5.41) is 9.49. The molecule has 138 valence electrons. The predicted octanol–water partition coefficient (Wildman–Crippen LogP) is 4.48. The van der Waals surface area contributed by atoms with Crippen molar-refractivity contribution in [3.05, 3.63) is 93.7 Å². The standard InChI is InChI=1S/C21H13BrN2O4/c22-13-5-3-12(4-6-13)21(25)27-14-7-8-15-18(10-14)28-20(24)16(11-23)19(15)17-2-1-9-26-17/h1-10,19H,24H2. The Morgan fingerprint density at radius 1 is 1.18 bits per heavy atom. The van der Waals surface area contributed by atoms with Crippen LogP contribution in [0.1, 0.15) is 27.6 Å². The van der Waals surface area contributed by atoms with Gasteiger partial charge in [-0.05, 0) is 42.5 Å². The van der Waals surface area contributed by atoms with E-state index in [1.807, 2.05) is 0 Å². The molecule has 1 aromatic heterocycles. The molecule has 3 aromatic rings. The van der Waals surface area contributed by atoms with E-state index in [2.05, 4.69) is 22.0 Å². The molecule has 4 rings (SSSR count). The van der Waals surface area contributed by atoms with E-state index in [-0.39, 0.29) is 11.5 Å². The number of esters is 1. The highest BCUT2D eigenvalue weighted by atomic mass is 79.9. The van der Waals surface area contributed by atoms with Crippen LogP contribution in [-0.2, 0) is 0 Å². The van der Waals surface area contributed by atoms with E-state index in [1.54, 1.807) is 54.6 Å². The van der Waals surface area contributed by atoms with Gasteiger partial charge in [0.25, 0.3) is 0 Å². The third-order valence-electron chi connectivity index (χ3n) is 4.31. The largest absolute Gasteiger partial charge is 0.468 e. The lowest BCUT2D eigenvalue weighted by Crippen LogP contribution is -2.21. The van der Waals surface area contributed by atoms with Gasteiger partial charge in [0, 0.05) is 16.1 Å². The van der Waals surface area contributed by atoms with E-state index >= 15 is 0 Å². The highest BCUT2D eigenvalue weighted by Gasteiger charge is 2.32. The SMILES string of the molecule is N#CC1=C(N)Oc2cc(OC(=O)c3ccc(Br)cc3)ccc2C1c1ccco1. The summed E-state index contributed by atoms with van der Waals surface area (Å²) in [7, 11) is 0. The molecule has 6 nitrogen and oxygen atoms in total. The molecule has 2 aromatic carbocycles. The van der Waals surface area contributed by atoms with Crippen molar-refractivity contribution in [1.82, 2.24) is 0 Å². The van der Waals surface area contributed by atoms with Crippen molar-refractivity contribution in [2.24, 2.45) is 5.73 Å². The maximum atomic E-state index is 12.3. The van der Waals surface area contributed by atoms with Gasteiger partial charge in [0.15, 0.2) is 0 Å². The molecule has 2 N–H and O–H groups in total. The number of nitrogens with two attached hydrogens (primary N) is 1. The number of carbonyl (C=O) groups is 1. The van der Waals surface area contributed by atoms with Crippen LogP contribution in [-0.4, -0.2) is 5.97 Å². The zero-order valence-electron chi connectivity index (χ0n) is 14.4. The second-order valence-corrected chi connectivity index (χ2v) is 6.95. The van der Waals surface area contributed by atoms with Crippen molar-refractivity contribution in [3.63, 3.8) is 0 Å². The molecular weight excluding hydrogens is 424 g/mol. The molecule has 28 heavy (non-hydrogen) atoms. The van der Waals surface area contributed by atoms with Crippen molar-refractivity contribution in [2.45, 2.75) is 5.92 Å². The fourth-order valence-corrected chi connectivity index (χ4v) is 3.26. The van der Waals surface area contributed by atoms with Crippen LogP contribution in [0.4, 0.5) is 0 Å². The third-order valence-corrected chi connectivity index (χ3v) is 4.84. The number of nitriles is 1. The van der Waals surface area contributed by atoms with Crippen LogP contribution in [0.5, 0.6) is 11.5 Å². The van der Waals surface area contributed by atoms with E-state index in [0.717, 1.165) is 4.47 Å². The number of carbonyl (C=O) groups excluding carboxylic acids is 1. The van der Waals surface area contributed by atoms with E-state index in [9.17, 15) is 10.1 Å². The number of furan rings is 1. The summed E-state index contributed by atoms with van der Waals surface area (Å²) < 4.78 is 17.4. The van der Waals surface area contributed by atoms with Gasteiger partial charge in [0.05, 0.1) is 17.7 Å². The number of rotatable bonds is 3. The quantitative estimate of drug-likeness (QED) is 0.479. The molecule has 7 heteroatoms. The van der Waals surface area contributed by atoms with Crippen LogP contribution in [0.15, 0.2) is 81.2 Å². The number of allylic oxidation sites excluding steroid dienone is 1. The second-order valence-electron chi connectivity index (χ2n) is 6.04. The van der Waals surface area contributed by atoms with Crippen LogP contribution in [0, 0.1) is 11.3 Å². The lowest BCUT2D eigenvalue weighted by Gasteiger charge is -2.25. The molecule has 0 amide bonds. The summed E-state index contributed by atoms with van der Waals surface area (Å²) >= 11 is 3.33. The molecular formula is C21H13BrN2O4. The Morgan fingerprint density at radius 3 is 2.64 bits per heavy atom. The van der Waals surface area contributed by atoms with E-state index in [0.29, 0.717) is 28.4 Å². The molecule has 1 aliphatic rings. The van der Waals surface area contributed by atoms with Crippen LogP contribution < -0.4 is 15.2 Å². The molecule has 1 atom stereocenters. The van der Waals surface area contributed by atoms with E-state index in [4.69, 9.17) is 19.6 Å². The molecule has 0 spiro atoms. The van der Waals surface area contributed by atoms with Gasteiger partial charge in [0.1, 0.15) is 28.9 Å². The molecule has 0 saturated heterocycles. The van der Waals surface area contributed by atoms with Crippen molar-refractivity contribution in [2.75, 3.05) is 0 Å². The second kappa shape index (κ2) is 7.25. The van der Waals surface area contributed by atoms with Crippen molar-refractivity contribution in [3.8, 4) is 17.6 Å². The Bertz CT molecular complexity index is 1110. The average Bonchev–Trinajstić information content (AvgIpc) is 3.21. The number of fused-ring (bicyclic) bond motifs is 1. The minimum absolute atomic E-state index is 0.00668. The van der Waals surface area contributed by atoms with Crippen LogP contribution in [0.2, 0.25) is 0 Å². The summed E-state index contributed by atoms with van der Waals surface area (Å²) in [6.45, 7) is 0. The Balaban J connectivity index is 1.66. The number of benzene rings is 2. The first kappa shape index (κ1) is 17.9. The lowest BCUT2D eigenvalue weighted by atomic mass is 9.87. The van der Waals surface area contributed by atoms with Gasteiger partial charge in [-0.2, -0.15) is 5.26 Å². The fraction of sp³-hybridized carbons (Fsp3) is 0.0476. The zero-order chi connectivity index (χ0) is 19.7. The molecule has 0 aliphatic carbocycles. The van der Waals surface area contributed by atoms with Gasteiger partial charge >= 0.3 is 5.97 Å². The lowest BCUT2D eigenvalue weighted by molar-refractivity contribution is 0.0734. The number of hydrogen-bond acceptors (Lipinski definition) is 6. The minimum Gasteiger partial charge on any atom is -0.468 e. The van der Waals surface area contributed by atoms with Crippen molar-refractivity contribution >= 4 is 21.9 Å². The van der Waals surface area contributed by atoms with Gasteiger partial charge in [-0.3, -0.25) is 0 Å². The molecule has 1 unspecified atom stereocenters. The van der Waals surface area contributed by atoms with Gasteiger partial charge in [-0.25, -0.2) is 4.79 Å². The molecule has 2 heterocycles. The van der Waals surface area contributed by atoms with Crippen LogP contribution in [0.3, 0.4) is 0 Å². The summed E-state index contributed by atoms with van der Waals surface area (Å²) in [5.74, 6) is 0.292. The highest BCUT2D eigenvalue weighted by Crippen LogP contribution is 2.43. The van der Waals surface area contributed by atoms with Crippen molar-refractivity contribution < 1.29 is 18.7 Å². The van der Waals surface area contributed by atoms with Gasteiger partial charge < -0.3 is 19.6 Å². The maximum absolute atomic E-state index is 12.3. The van der Waals surface area contributed by atoms with Gasteiger partial charge in [-0.15, -0.1) is 0 Å². The molecule has 0 bridgehead atoms. The average molecular weight is 437 g/mol. The Morgan fingerprint density at radius 2 is 1.96 bits per heavy atom. The number of halogens is 1. The smallest absolute Gasteiger partial charge is 0.343 e. The summed E-state index contributed by atoms with van der Waals surface area (Å²) in [6.07, 6.45) is 1.53. The molecule has 1 aliphatic heterocycles. The van der Waals surface area contributed by atoms with Gasteiger partial charge in [-0.1, -0.05) is 22.0 Å². The normalized spacial score (nSPS) is 15.4. The topological polar surface area (TPSA) is 98.5 Å². The maximum Gasteiger partial charge on any atom is 0.343 e. The molecule has 0 radical (unpaired) electrons. The van der Waals surface area contributed by atoms with E-state index in [1.165, 1.54) is 6.26 Å². The molecule has 0 saturated carbocycles. The first-order valence-electron chi connectivity index (χ1n) is 8.29. The number of ether oxygens (including phenoxy) is 2. The predicted molar refractivity (Wildman–Crippen MR) is 104 cm³/mol. The van der Waals surface area contributed by atoms with Crippen molar-refractivity contribution in [1.29, 1.82) is 5.26 Å². The molecule has 0 fully saturated rings. The summed E-state index contributed by atoms with van der Waals surface area (Å²) in [6, 6.07) is 17.4. The number of nitrogens with zero attached hydrogens (tertiary/aromatic N) is 1. The third kappa shape index (κ3) is 3.26. The Labute approximate surface area is 168 Å². The highest BCUT2D eigenvalue weighted by molar-refractivity contribution is 9.10. The first-order valence-corrected chi connectivity index (χ1v) is 9.09. The zero-order valence-corrected chi connectivity index (χ0v) is 16.0. The Kier molecular flexibility index (Phi) is 4.63. The summed E-state index contributed by atoms with van der Waals surface area (Å²) in [4.78, 5) is 12.3. The van der Waals surface area contributed by atoms with E-state index < -0.39 is 11.9 Å². The minimum atomic E-state index is -0.493. The Hall–Kier alpha value is -3.50. The first-order chi connectivity index (χ1) is 13.6.